The molecule has 3 rings (SSSR count). The molecule has 0 amide bonds. The van der Waals surface area contributed by atoms with Gasteiger partial charge >= 0.3 is 0 Å². The second kappa shape index (κ2) is 6.92. The zero-order chi connectivity index (χ0) is 17.1. The van der Waals surface area contributed by atoms with E-state index in [1.807, 2.05) is 20.0 Å². The molecule has 7 heteroatoms. The van der Waals surface area contributed by atoms with Crippen LogP contribution in [0.3, 0.4) is 0 Å². The number of aromatic nitrogens is 4. The van der Waals surface area contributed by atoms with Gasteiger partial charge in [0.1, 0.15) is 23.3 Å². The number of aryl methyl sites for hydroxylation is 1. The van der Waals surface area contributed by atoms with E-state index in [9.17, 15) is 4.39 Å². The monoisotopic (exact) mass is 328 g/mol. The van der Waals surface area contributed by atoms with Crippen molar-refractivity contribution in [2.75, 3.05) is 25.0 Å². The number of hydrogen-bond acceptors (Lipinski definition) is 5. The summed E-state index contributed by atoms with van der Waals surface area (Å²) in [6.07, 6.45) is 1.45. The normalized spacial score (nSPS) is 11.2. The van der Waals surface area contributed by atoms with E-state index in [1.54, 1.807) is 6.07 Å². The Balaban J connectivity index is 1.71. The van der Waals surface area contributed by atoms with Gasteiger partial charge in [-0.1, -0.05) is 0 Å². The maximum atomic E-state index is 13.2. The number of likely N-dealkylation sites (N-methyl/N-ethyl adjacent to an activating group) is 1. The summed E-state index contributed by atoms with van der Waals surface area (Å²) in [6.45, 7) is 3.18. The Morgan fingerprint density at radius 1 is 1.17 bits per heavy atom. The molecular formula is C17H21FN6. The zero-order valence-electron chi connectivity index (χ0n) is 13.9. The summed E-state index contributed by atoms with van der Waals surface area (Å²) in [7, 11) is 1.98. The number of H-pyrrole nitrogens is 1. The lowest BCUT2D eigenvalue weighted by Gasteiger charge is -2.18. The molecule has 0 atom stereocenters. The molecule has 6 nitrogen and oxygen atoms in total. The average Bonchev–Trinajstić information content (AvgIpc) is 2.94. The third-order valence-corrected chi connectivity index (χ3v) is 3.85. The predicted octanol–water partition coefficient (Wildman–Crippen LogP) is 1.98. The number of halogens is 1. The lowest BCUT2D eigenvalue weighted by Crippen LogP contribution is -2.22. The van der Waals surface area contributed by atoms with Crippen molar-refractivity contribution in [1.29, 1.82) is 0 Å². The van der Waals surface area contributed by atoms with Gasteiger partial charge in [0, 0.05) is 38.2 Å². The van der Waals surface area contributed by atoms with Crippen LogP contribution in [-0.4, -0.2) is 40.1 Å². The molecule has 0 spiro atoms. The summed E-state index contributed by atoms with van der Waals surface area (Å²) in [6, 6.07) is 6.53. The number of nitrogens with zero attached hydrogens (tertiary/aromatic N) is 4. The van der Waals surface area contributed by atoms with E-state index in [-0.39, 0.29) is 5.82 Å². The molecule has 0 saturated heterocycles. The molecule has 1 aromatic carbocycles. The maximum Gasteiger partial charge on any atom is 0.132 e. The summed E-state index contributed by atoms with van der Waals surface area (Å²) < 4.78 is 13.2. The number of nitrogens with two attached hydrogens (primary N) is 1. The van der Waals surface area contributed by atoms with Gasteiger partial charge < -0.3 is 15.6 Å². The Kier molecular flexibility index (Phi) is 4.71. The van der Waals surface area contributed by atoms with E-state index < -0.39 is 0 Å². The molecule has 0 aliphatic rings. The quantitative estimate of drug-likeness (QED) is 0.723. The van der Waals surface area contributed by atoms with Crippen molar-refractivity contribution in [1.82, 2.24) is 19.9 Å². The first kappa shape index (κ1) is 16.3. The third kappa shape index (κ3) is 3.68. The van der Waals surface area contributed by atoms with Gasteiger partial charge in [-0.2, -0.15) is 0 Å². The standard InChI is InChI=1S/C17H21FN6/c1-11-20-13(5-7-19)10-17(21-11)24(2)8-6-16-22-14-4-3-12(18)9-15(14)23-16/h3-4,9-10H,5-8,19H2,1-2H3,(H,22,23). The molecule has 2 heterocycles. The topological polar surface area (TPSA) is 83.7 Å². The summed E-state index contributed by atoms with van der Waals surface area (Å²) >= 11 is 0. The summed E-state index contributed by atoms with van der Waals surface area (Å²) in [5.74, 6) is 2.17. The highest BCUT2D eigenvalue weighted by Gasteiger charge is 2.09. The fourth-order valence-electron chi connectivity index (χ4n) is 2.62. The van der Waals surface area contributed by atoms with Crippen LogP contribution in [0.4, 0.5) is 10.2 Å². The molecule has 0 fully saturated rings. The van der Waals surface area contributed by atoms with Crippen molar-refractivity contribution in [3.05, 3.63) is 47.4 Å². The van der Waals surface area contributed by atoms with Crippen molar-refractivity contribution >= 4 is 16.9 Å². The molecule has 2 aromatic heterocycles. The van der Waals surface area contributed by atoms with Crippen LogP contribution in [-0.2, 0) is 12.8 Å². The van der Waals surface area contributed by atoms with Crippen LogP contribution in [0.5, 0.6) is 0 Å². The second-order valence-corrected chi connectivity index (χ2v) is 5.82. The van der Waals surface area contributed by atoms with Gasteiger partial charge in [0.05, 0.1) is 11.0 Å². The van der Waals surface area contributed by atoms with E-state index in [0.29, 0.717) is 13.0 Å². The number of benzene rings is 1. The third-order valence-electron chi connectivity index (χ3n) is 3.85. The Bertz CT molecular complexity index is 844. The van der Waals surface area contributed by atoms with Crippen LogP contribution in [0.25, 0.3) is 11.0 Å². The molecule has 0 unspecified atom stereocenters. The minimum Gasteiger partial charge on any atom is -0.359 e. The van der Waals surface area contributed by atoms with Crippen LogP contribution < -0.4 is 10.6 Å². The smallest absolute Gasteiger partial charge is 0.132 e. The Hall–Kier alpha value is -2.54. The fourth-order valence-corrected chi connectivity index (χ4v) is 2.62. The van der Waals surface area contributed by atoms with E-state index in [2.05, 4.69) is 24.8 Å². The average molecular weight is 328 g/mol. The van der Waals surface area contributed by atoms with Crippen LogP contribution in [0, 0.1) is 12.7 Å². The van der Waals surface area contributed by atoms with Gasteiger partial charge in [0.15, 0.2) is 0 Å². The highest BCUT2D eigenvalue weighted by molar-refractivity contribution is 5.74. The molecule has 0 aliphatic heterocycles. The van der Waals surface area contributed by atoms with Crippen molar-refractivity contribution in [2.24, 2.45) is 5.73 Å². The SMILES string of the molecule is Cc1nc(CCN)cc(N(C)CCc2nc3ccc(F)cc3[nH]2)n1. The van der Waals surface area contributed by atoms with Gasteiger partial charge in [0.25, 0.3) is 0 Å². The summed E-state index contributed by atoms with van der Waals surface area (Å²) in [4.78, 5) is 18.6. The van der Waals surface area contributed by atoms with Crippen LogP contribution in [0.15, 0.2) is 24.3 Å². The lowest BCUT2D eigenvalue weighted by atomic mass is 10.2. The summed E-state index contributed by atoms with van der Waals surface area (Å²) in [5.41, 5.74) is 8.05. The molecule has 0 radical (unpaired) electrons. The number of rotatable bonds is 6. The van der Waals surface area contributed by atoms with Gasteiger partial charge in [0.2, 0.25) is 0 Å². The number of nitrogens with one attached hydrogen (secondary N) is 1. The Morgan fingerprint density at radius 3 is 2.79 bits per heavy atom. The zero-order valence-corrected chi connectivity index (χ0v) is 13.9. The first-order valence-electron chi connectivity index (χ1n) is 7.95. The lowest BCUT2D eigenvalue weighted by molar-refractivity contribution is 0.629. The fraction of sp³-hybridized carbons (Fsp3) is 0.353. The van der Waals surface area contributed by atoms with Crippen LogP contribution >= 0.6 is 0 Å². The predicted molar refractivity (Wildman–Crippen MR) is 92.6 cm³/mol. The molecule has 3 N–H and O–H groups in total. The van der Waals surface area contributed by atoms with E-state index in [4.69, 9.17) is 5.73 Å². The van der Waals surface area contributed by atoms with Gasteiger partial charge in [-0.15, -0.1) is 0 Å². The van der Waals surface area contributed by atoms with Crippen molar-refractivity contribution in [3.63, 3.8) is 0 Å². The molecule has 3 aromatic rings. The molecule has 0 saturated carbocycles. The molecular weight excluding hydrogens is 307 g/mol. The van der Waals surface area contributed by atoms with Gasteiger partial charge in [-0.3, -0.25) is 0 Å². The van der Waals surface area contributed by atoms with Gasteiger partial charge in [-0.25, -0.2) is 19.3 Å². The largest absolute Gasteiger partial charge is 0.359 e. The molecule has 126 valence electrons. The molecule has 0 bridgehead atoms. The second-order valence-electron chi connectivity index (χ2n) is 5.82. The van der Waals surface area contributed by atoms with Crippen LogP contribution in [0.1, 0.15) is 17.3 Å². The first-order valence-corrected chi connectivity index (χ1v) is 7.95. The number of anilines is 1. The van der Waals surface area contributed by atoms with Crippen molar-refractivity contribution < 1.29 is 4.39 Å². The van der Waals surface area contributed by atoms with Gasteiger partial charge in [-0.05, 0) is 31.7 Å². The van der Waals surface area contributed by atoms with E-state index in [0.717, 1.165) is 47.2 Å². The molecule has 24 heavy (non-hydrogen) atoms. The minimum absolute atomic E-state index is 0.265. The van der Waals surface area contributed by atoms with Crippen molar-refractivity contribution in [3.8, 4) is 0 Å². The van der Waals surface area contributed by atoms with E-state index >= 15 is 0 Å². The van der Waals surface area contributed by atoms with E-state index in [1.165, 1.54) is 12.1 Å². The number of aromatic amines is 1. The number of imidazole rings is 1. The highest BCUT2D eigenvalue weighted by Crippen LogP contribution is 2.15. The highest BCUT2D eigenvalue weighted by atomic mass is 19.1. The maximum absolute atomic E-state index is 13.2. The number of hydrogen-bond donors (Lipinski definition) is 2. The number of fused-ring (bicyclic) bond motifs is 1. The first-order chi connectivity index (χ1) is 11.5. The minimum atomic E-state index is -0.265. The molecule has 0 aliphatic carbocycles. The Morgan fingerprint density at radius 2 is 2.00 bits per heavy atom. The summed E-state index contributed by atoms with van der Waals surface area (Å²) in [5, 5.41) is 0. The van der Waals surface area contributed by atoms with Crippen molar-refractivity contribution in [2.45, 2.75) is 19.8 Å². The van der Waals surface area contributed by atoms with Crippen LogP contribution in [0.2, 0.25) is 0 Å². The Labute approximate surface area is 139 Å².